The molecule has 1 heterocycles. The number of benzene rings is 1. The van der Waals surface area contributed by atoms with E-state index in [-0.39, 0.29) is 17.8 Å². The van der Waals surface area contributed by atoms with Crippen LogP contribution in [0.3, 0.4) is 0 Å². The largest absolute Gasteiger partial charge is 0.573 e. The summed E-state index contributed by atoms with van der Waals surface area (Å²) in [7, 11) is 0. The number of thiophene rings is 1. The summed E-state index contributed by atoms with van der Waals surface area (Å²) in [4.78, 5) is 1.22. The Kier molecular flexibility index (Phi) is 4.90. The molecule has 0 bridgehead atoms. The first-order valence-corrected chi connectivity index (χ1v) is 7.38. The zero-order valence-corrected chi connectivity index (χ0v) is 12.5. The topological polar surface area (TPSA) is 21.3 Å². The summed E-state index contributed by atoms with van der Waals surface area (Å²) in [6.07, 6.45) is -4.65. The molecule has 1 aromatic heterocycles. The van der Waals surface area contributed by atoms with E-state index >= 15 is 0 Å². The van der Waals surface area contributed by atoms with Crippen molar-refractivity contribution in [3.63, 3.8) is 0 Å². The van der Waals surface area contributed by atoms with E-state index in [1.165, 1.54) is 17.0 Å². The predicted octanol–water partition coefficient (Wildman–Crippen LogP) is 5.06. The number of rotatable bonds is 5. The monoisotopic (exact) mass is 315 g/mol. The fourth-order valence-corrected chi connectivity index (χ4v) is 2.79. The van der Waals surface area contributed by atoms with Crippen LogP contribution in [0.4, 0.5) is 13.2 Å². The maximum Gasteiger partial charge on any atom is 0.573 e. The van der Waals surface area contributed by atoms with Gasteiger partial charge in [0.25, 0.3) is 0 Å². The molecule has 0 saturated carbocycles. The molecular weight excluding hydrogens is 299 g/mol. The van der Waals surface area contributed by atoms with Crippen LogP contribution in [-0.2, 0) is 0 Å². The third kappa shape index (κ3) is 4.75. The van der Waals surface area contributed by atoms with E-state index in [1.54, 1.807) is 23.5 Å². The van der Waals surface area contributed by atoms with Crippen LogP contribution >= 0.6 is 11.3 Å². The molecule has 0 radical (unpaired) electrons. The minimum Gasteiger partial charge on any atom is -0.406 e. The molecule has 0 aliphatic heterocycles. The summed E-state index contributed by atoms with van der Waals surface area (Å²) in [6.45, 7) is 4.03. The van der Waals surface area contributed by atoms with Crippen molar-refractivity contribution in [1.82, 2.24) is 5.32 Å². The van der Waals surface area contributed by atoms with E-state index in [0.717, 1.165) is 5.56 Å². The Morgan fingerprint density at radius 2 is 1.71 bits per heavy atom. The van der Waals surface area contributed by atoms with Crippen molar-refractivity contribution in [1.29, 1.82) is 0 Å². The lowest BCUT2D eigenvalue weighted by Gasteiger charge is -2.20. The molecule has 1 unspecified atom stereocenters. The van der Waals surface area contributed by atoms with Gasteiger partial charge in [-0.05, 0) is 43.0 Å². The predicted molar refractivity (Wildman–Crippen MR) is 77.4 cm³/mol. The fourth-order valence-electron chi connectivity index (χ4n) is 2.05. The molecule has 114 valence electrons. The molecule has 2 nitrogen and oxygen atoms in total. The molecule has 2 rings (SSSR count). The van der Waals surface area contributed by atoms with Crippen molar-refractivity contribution >= 4 is 11.3 Å². The molecule has 2 atom stereocenters. The average Bonchev–Trinajstić information content (AvgIpc) is 2.91. The van der Waals surface area contributed by atoms with Crippen LogP contribution in [0.15, 0.2) is 41.8 Å². The highest BCUT2D eigenvalue weighted by molar-refractivity contribution is 7.10. The smallest absolute Gasteiger partial charge is 0.406 e. The number of alkyl halides is 3. The highest BCUT2D eigenvalue weighted by atomic mass is 32.1. The van der Waals surface area contributed by atoms with Gasteiger partial charge in [0.1, 0.15) is 5.75 Å². The molecule has 1 N–H and O–H groups in total. The van der Waals surface area contributed by atoms with Crippen LogP contribution in [0, 0.1) is 0 Å². The number of nitrogens with one attached hydrogen (secondary N) is 1. The van der Waals surface area contributed by atoms with Gasteiger partial charge in [-0.25, -0.2) is 0 Å². The van der Waals surface area contributed by atoms with E-state index < -0.39 is 6.36 Å². The molecule has 0 saturated heterocycles. The summed E-state index contributed by atoms with van der Waals surface area (Å²) in [5.41, 5.74) is 0.910. The SMILES string of the molecule is CC(N[C@@H](C)c1cccs1)c1ccc(OC(F)(F)F)cc1. The Labute approximate surface area is 125 Å². The van der Waals surface area contributed by atoms with Gasteiger partial charge in [-0.3, -0.25) is 0 Å². The molecule has 2 aromatic rings. The van der Waals surface area contributed by atoms with Crippen molar-refractivity contribution < 1.29 is 17.9 Å². The van der Waals surface area contributed by atoms with Crippen molar-refractivity contribution in [2.45, 2.75) is 32.3 Å². The lowest BCUT2D eigenvalue weighted by Crippen LogP contribution is -2.22. The summed E-state index contributed by atoms with van der Waals surface area (Å²) in [5, 5.41) is 5.43. The lowest BCUT2D eigenvalue weighted by atomic mass is 10.1. The van der Waals surface area contributed by atoms with Crippen LogP contribution in [0.25, 0.3) is 0 Å². The first-order chi connectivity index (χ1) is 9.85. The minimum atomic E-state index is -4.65. The van der Waals surface area contributed by atoms with Gasteiger partial charge in [-0.15, -0.1) is 24.5 Å². The highest BCUT2D eigenvalue weighted by Gasteiger charge is 2.31. The second-order valence-corrected chi connectivity index (χ2v) is 5.72. The van der Waals surface area contributed by atoms with Crippen LogP contribution < -0.4 is 10.1 Å². The first kappa shape index (κ1) is 15.9. The van der Waals surface area contributed by atoms with Gasteiger partial charge < -0.3 is 10.1 Å². The van der Waals surface area contributed by atoms with Gasteiger partial charge in [-0.2, -0.15) is 0 Å². The maximum atomic E-state index is 12.1. The van der Waals surface area contributed by atoms with Crippen LogP contribution in [-0.4, -0.2) is 6.36 Å². The van der Waals surface area contributed by atoms with E-state index in [9.17, 15) is 13.2 Å². The molecule has 1 aromatic carbocycles. The van der Waals surface area contributed by atoms with Gasteiger partial charge in [0, 0.05) is 17.0 Å². The van der Waals surface area contributed by atoms with Crippen molar-refractivity contribution in [3.05, 3.63) is 52.2 Å². The Morgan fingerprint density at radius 1 is 1.05 bits per heavy atom. The Morgan fingerprint density at radius 3 is 2.24 bits per heavy atom. The molecule has 21 heavy (non-hydrogen) atoms. The van der Waals surface area contributed by atoms with E-state index in [1.807, 2.05) is 18.4 Å². The minimum absolute atomic E-state index is 0.0297. The van der Waals surface area contributed by atoms with Crippen molar-refractivity contribution in [3.8, 4) is 5.75 Å². The van der Waals surface area contributed by atoms with E-state index in [0.29, 0.717) is 0 Å². The quantitative estimate of drug-likeness (QED) is 0.833. The number of hydrogen-bond acceptors (Lipinski definition) is 3. The number of ether oxygens (including phenoxy) is 1. The summed E-state index contributed by atoms with van der Waals surface area (Å²) in [6, 6.07) is 10.2. The zero-order valence-electron chi connectivity index (χ0n) is 11.6. The van der Waals surface area contributed by atoms with Crippen LogP contribution in [0.2, 0.25) is 0 Å². The van der Waals surface area contributed by atoms with Crippen LogP contribution in [0.5, 0.6) is 5.75 Å². The number of hydrogen-bond donors (Lipinski definition) is 1. The van der Waals surface area contributed by atoms with E-state index in [4.69, 9.17) is 0 Å². The fraction of sp³-hybridized carbons (Fsp3) is 0.333. The number of halogens is 3. The molecule has 0 aliphatic rings. The van der Waals surface area contributed by atoms with Gasteiger partial charge in [-0.1, -0.05) is 18.2 Å². The highest BCUT2D eigenvalue weighted by Crippen LogP contribution is 2.26. The Hall–Kier alpha value is -1.53. The third-order valence-electron chi connectivity index (χ3n) is 3.08. The van der Waals surface area contributed by atoms with Crippen LogP contribution in [0.1, 0.15) is 36.4 Å². The van der Waals surface area contributed by atoms with Gasteiger partial charge in [0.2, 0.25) is 0 Å². The maximum absolute atomic E-state index is 12.1. The molecule has 0 amide bonds. The van der Waals surface area contributed by atoms with Gasteiger partial charge in [0.05, 0.1) is 0 Å². The Bertz CT molecular complexity index is 551. The van der Waals surface area contributed by atoms with Gasteiger partial charge >= 0.3 is 6.36 Å². The Balaban J connectivity index is 1.98. The van der Waals surface area contributed by atoms with E-state index in [2.05, 4.69) is 23.0 Å². The third-order valence-corrected chi connectivity index (χ3v) is 4.14. The van der Waals surface area contributed by atoms with Gasteiger partial charge in [0.15, 0.2) is 0 Å². The average molecular weight is 315 g/mol. The summed E-state index contributed by atoms with van der Waals surface area (Å²) >= 11 is 1.67. The molecular formula is C15H16F3NOS. The second-order valence-electron chi connectivity index (χ2n) is 4.74. The zero-order chi connectivity index (χ0) is 15.5. The molecule has 0 aliphatic carbocycles. The second kappa shape index (κ2) is 6.49. The summed E-state index contributed by atoms with van der Waals surface area (Å²) < 4.78 is 40.1. The van der Waals surface area contributed by atoms with Crippen molar-refractivity contribution in [2.24, 2.45) is 0 Å². The normalized spacial score (nSPS) is 14.7. The standard InChI is InChI=1S/C15H16F3NOS/c1-10(19-11(2)14-4-3-9-21-14)12-5-7-13(8-6-12)20-15(16,17)18/h3-11,19H,1-2H3/t10?,11-/m0/s1. The first-order valence-electron chi connectivity index (χ1n) is 6.50. The lowest BCUT2D eigenvalue weighted by molar-refractivity contribution is -0.274. The molecule has 6 heteroatoms. The van der Waals surface area contributed by atoms with Crippen molar-refractivity contribution in [2.75, 3.05) is 0 Å². The molecule has 0 fully saturated rings. The molecule has 0 spiro atoms. The summed E-state index contributed by atoms with van der Waals surface area (Å²) in [5.74, 6) is -0.204.